The van der Waals surface area contributed by atoms with Gasteiger partial charge in [0.2, 0.25) is 0 Å². The summed E-state index contributed by atoms with van der Waals surface area (Å²) in [6.07, 6.45) is 0.831. The van der Waals surface area contributed by atoms with Crippen molar-refractivity contribution >= 4 is 17.7 Å². The highest BCUT2D eigenvalue weighted by atomic mass is 35.5. The molecule has 3 rings (SSSR count). The summed E-state index contributed by atoms with van der Waals surface area (Å²) in [5.41, 5.74) is 9.36. The summed E-state index contributed by atoms with van der Waals surface area (Å²) < 4.78 is 5.46. The standard InChI is InChI=1S/C19H20ClNO2/c1-19(2)10-9-12-7-8-13(14-5-3-4-6-16(14)20)11-15(12)17(19)23-18(21)22/h3-8,11,17H,9-10H2,1-2H3,(H2,21,22). The Kier molecular flexibility index (Phi) is 4.07. The Morgan fingerprint density at radius 2 is 2.00 bits per heavy atom. The van der Waals surface area contributed by atoms with Crippen molar-refractivity contribution in [3.05, 3.63) is 58.6 Å². The highest BCUT2D eigenvalue weighted by molar-refractivity contribution is 6.33. The fourth-order valence-corrected chi connectivity index (χ4v) is 3.52. The Bertz CT molecular complexity index is 755. The van der Waals surface area contributed by atoms with Gasteiger partial charge in [-0.25, -0.2) is 4.79 Å². The van der Waals surface area contributed by atoms with Crippen LogP contribution in [0.25, 0.3) is 11.1 Å². The molecule has 1 aliphatic carbocycles. The maximum Gasteiger partial charge on any atom is 0.405 e. The minimum absolute atomic E-state index is 0.152. The number of rotatable bonds is 2. The van der Waals surface area contributed by atoms with Crippen LogP contribution in [-0.4, -0.2) is 6.09 Å². The van der Waals surface area contributed by atoms with Gasteiger partial charge in [0.15, 0.2) is 0 Å². The summed E-state index contributed by atoms with van der Waals surface area (Å²) in [7, 11) is 0. The minimum Gasteiger partial charge on any atom is -0.441 e. The molecule has 0 saturated carbocycles. The highest BCUT2D eigenvalue weighted by Crippen LogP contribution is 2.47. The molecule has 1 aliphatic rings. The zero-order valence-corrected chi connectivity index (χ0v) is 14.1. The van der Waals surface area contributed by atoms with Crippen LogP contribution < -0.4 is 5.73 Å². The monoisotopic (exact) mass is 329 g/mol. The van der Waals surface area contributed by atoms with E-state index in [1.54, 1.807) is 0 Å². The van der Waals surface area contributed by atoms with E-state index >= 15 is 0 Å². The van der Waals surface area contributed by atoms with E-state index in [1.807, 2.05) is 24.3 Å². The largest absolute Gasteiger partial charge is 0.441 e. The highest BCUT2D eigenvalue weighted by Gasteiger charge is 2.38. The number of amides is 1. The quantitative estimate of drug-likeness (QED) is 0.831. The van der Waals surface area contributed by atoms with Crippen molar-refractivity contribution in [3.8, 4) is 11.1 Å². The number of hydrogen-bond donors (Lipinski definition) is 1. The van der Waals surface area contributed by atoms with Gasteiger partial charge in [0.1, 0.15) is 6.10 Å². The molecule has 1 amide bonds. The molecule has 0 radical (unpaired) electrons. The molecule has 4 heteroatoms. The SMILES string of the molecule is CC1(C)CCc2ccc(-c3ccccc3Cl)cc2C1OC(N)=O. The molecule has 0 saturated heterocycles. The fraction of sp³-hybridized carbons (Fsp3) is 0.316. The van der Waals surface area contributed by atoms with Crippen molar-refractivity contribution in [1.29, 1.82) is 0 Å². The number of ether oxygens (including phenoxy) is 1. The lowest BCUT2D eigenvalue weighted by Crippen LogP contribution is -2.33. The van der Waals surface area contributed by atoms with Gasteiger partial charge in [-0.2, -0.15) is 0 Å². The van der Waals surface area contributed by atoms with Crippen LogP contribution in [0.4, 0.5) is 4.79 Å². The lowest BCUT2D eigenvalue weighted by atomic mass is 9.71. The molecule has 0 aliphatic heterocycles. The lowest BCUT2D eigenvalue weighted by molar-refractivity contribution is 0.0147. The third-order valence-corrected chi connectivity index (χ3v) is 4.93. The van der Waals surface area contributed by atoms with Crippen LogP contribution in [0, 0.1) is 5.41 Å². The van der Waals surface area contributed by atoms with Gasteiger partial charge in [0.25, 0.3) is 0 Å². The number of halogens is 1. The van der Waals surface area contributed by atoms with E-state index < -0.39 is 6.09 Å². The molecule has 0 spiro atoms. The summed E-state index contributed by atoms with van der Waals surface area (Å²) in [4.78, 5) is 11.4. The van der Waals surface area contributed by atoms with Crippen molar-refractivity contribution in [1.82, 2.24) is 0 Å². The Labute approximate surface area is 141 Å². The summed E-state index contributed by atoms with van der Waals surface area (Å²) in [6, 6.07) is 14.0. The van der Waals surface area contributed by atoms with E-state index in [-0.39, 0.29) is 11.5 Å². The van der Waals surface area contributed by atoms with Crippen molar-refractivity contribution < 1.29 is 9.53 Å². The van der Waals surface area contributed by atoms with Crippen LogP contribution in [0.3, 0.4) is 0 Å². The number of aryl methyl sites for hydroxylation is 1. The van der Waals surface area contributed by atoms with Crippen LogP contribution in [0.2, 0.25) is 5.02 Å². The second kappa shape index (κ2) is 5.89. The Hall–Kier alpha value is -2.00. The summed E-state index contributed by atoms with van der Waals surface area (Å²) in [6.45, 7) is 4.21. The van der Waals surface area contributed by atoms with E-state index in [9.17, 15) is 4.79 Å². The second-order valence-electron chi connectivity index (χ2n) is 6.70. The lowest BCUT2D eigenvalue weighted by Gasteiger charge is -2.39. The van der Waals surface area contributed by atoms with Gasteiger partial charge in [-0.3, -0.25) is 0 Å². The van der Waals surface area contributed by atoms with Gasteiger partial charge in [0, 0.05) is 16.0 Å². The van der Waals surface area contributed by atoms with Crippen LogP contribution in [0.1, 0.15) is 37.5 Å². The average molecular weight is 330 g/mol. The molecule has 1 atom stereocenters. The number of nitrogens with two attached hydrogens (primary N) is 1. The van der Waals surface area contributed by atoms with Crippen molar-refractivity contribution in [3.63, 3.8) is 0 Å². The third-order valence-electron chi connectivity index (χ3n) is 4.60. The van der Waals surface area contributed by atoms with E-state index in [0.29, 0.717) is 5.02 Å². The second-order valence-corrected chi connectivity index (χ2v) is 7.11. The first-order valence-electron chi connectivity index (χ1n) is 7.72. The van der Waals surface area contributed by atoms with Gasteiger partial charge in [-0.05, 0) is 41.7 Å². The normalized spacial score (nSPS) is 19.0. The van der Waals surface area contributed by atoms with Crippen molar-refractivity contribution in [2.45, 2.75) is 32.8 Å². The maximum atomic E-state index is 11.4. The summed E-state index contributed by atoms with van der Waals surface area (Å²) >= 11 is 6.31. The topological polar surface area (TPSA) is 52.3 Å². The molecule has 120 valence electrons. The number of primary amides is 1. The fourth-order valence-electron chi connectivity index (χ4n) is 3.28. The Balaban J connectivity index is 2.10. The number of benzene rings is 2. The van der Waals surface area contributed by atoms with Gasteiger partial charge in [-0.15, -0.1) is 0 Å². The first-order chi connectivity index (χ1) is 10.9. The van der Waals surface area contributed by atoms with Gasteiger partial charge < -0.3 is 10.5 Å². The number of carbonyl (C=O) groups excluding carboxylic acids is 1. The molecule has 3 nitrogen and oxygen atoms in total. The predicted octanol–water partition coefficient (Wildman–Crippen LogP) is 5.12. The number of carbonyl (C=O) groups is 1. The third kappa shape index (κ3) is 3.06. The average Bonchev–Trinajstić information content (AvgIpc) is 2.50. The first kappa shape index (κ1) is 15.9. The van der Waals surface area contributed by atoms with Gasteiger partial charge in [0.05, 0.1) is 0 Å². The Morgan fingerprint density at radius 1 is 1.26 bits per heavy atom. The van der Waals surface area contributed by atoms with Crippen LogP contribution in [0.15, 0.2) is 42.5 Å². The van der Waals surface area contributed by atoms with E-state index in [4.69, 9.17) is 22.1 Å². The molecule has 0 heterocycles. The summed E-state index contributed by atoms with van der Waals surface area (Å²) in [5, 5.41) is 0.704. The zero-order valence-electron chi connectivity index (χ0n) is 13.3. The molecule has 0 fully saturated rings. The number of hydrogen-bond acceptors (Lipinski definition) is 2. The molecule has 2 aromatic rings. The van der Waals surface area contributed by atoms with E-state index in [0.717, 1.165) is 29.5 Å². The predicted molar refractivity (Wildman–Crippen MR) is 92.4 cm³/mol. The Morgan fingerprint density at radius 3 is 2.70 bits per heavy atom. The molecule has 1 unspecified atom stereocenters. The number of fused-ring (bicyclic) bond motifs is 1. The molecule has 23 heavy (non-hydrogen) atoms. The van der Waals surface area contributed by atoms with Crippen LogP contribution in [0.5, 0.6) is 0 Å². The summed E-state index contributed by atoms with van der Waals surface area (Å²) in [5.74, 6) is 0. The molecular formula is C19H20ClNO2. The molecule has 0 bridgehead atoms. The van der Waals surface area contributed by atoms with Crippen molar-refractivity contribution in [2.75, 3.05) is 0 Å². The van der Waals surface area contributed by atoms with Crippen molar-refractivity contribution in [2.24, 2.45) is 11.1 Å². The van der Waals surface area contributed by atoms with Gasteiger partial charge >= 0.3 is 6.09 Å². The van der Waals surface area contributed by atoms with Crippen LogP contribution >= 0.6 is 11.6 Å². The molecule has 2 aromatic carbocycles. The van der Waals surface area contributed by atoms with E-state index in [1.165, 1.54) is 5.56 Å². The van der Waals surface area contributed by atoms with Crippen LogP contribution in [-0.2, 0) is 11.2 Å². The minimum atomic E-state index is -0.737. The molecule has 2 N–H and O–H groups in total. The zero-order chi connectivity index (χ0) is 16.6. The first-order valence-corrected chi connectivity index (χ1v) is 8.10. The maximum absolute atomic E-state index is 11.4. The van der Waals surface area contributed by atoms with Gasteiger partial charge in [-0.1, -0.05) is 55.8 Å². The smallest absolute Gasteiger partial charge is 0.405 e. The molecule has 0 aromatic heterocycles. The molecular weight excluding hydrogens is 310 g/mol. The van der Waals surface area contributed by atoms with E-state index in [2.05, 4.69) is 32.0 Å².